The van der Waals surface area contributed by atoms with E-state index >= 15 is 0 Å². The maximum Gasteiger partial charge on any atom is 0.270 e. The minimum Gasteiger partial charge on any atom is -0.268 e. The van der Waals surface area contributed by atoms with E-state index in [9.17, 15) is 28.8 Å². The Balaban J connectivity index is 1.61. The molecule has 0 saturated carbocycles. The van der Waals surface area contributed by atoms with Crippen LogP contribution in [0.3, 0.4) is 0 Å². The molecular formula is C24Br4Cl8N2O6. The summed E-state index contributed by atoms with van der Waals surface area (Å²) >= 11 is 61.6. The lowest BCUT2D eigenvalue weighted by Gasteiger charge is -2.20. The molecule has 6 amide bonds. The standard InChI is InChI=1S/C24Br4Cl8N2O6/c25-7-5(23(43)37-19(39)1-2(20(37)40)12(30)16(34)15(33)11(1)29)8(26)10(28)6(9(7)27)24(44)38-21(41)3-4(22(38)42)14(32)18(36)17(35)13(3)31. The van der Waals surface area contributed by atoms with Crippen molar-refractivity contribution in [3.63, 3.8) is 0 Å². The molecule has 3 aromatic carbocycles. The van der Waals surface area contributed by atoms with E-state index in [0.717, 1.165) is 0 Å². The molecule has 3 aromatic rings. The minimum absolute atomic E-state index is 0.176. The maximum absolute atomic E-state index is 13.8. The van der Waals surface area contributed by atoms with E-state index in [-0.39, 0.29) is 58.9 Å². The Labute approximate surface area is 318 Å². The van der Waals surface area contributed by atoms with Gasteiger partial charge in [0.15, 0.2) is 0 Å². The van der Waals surface area contributed by atoms with E-state index in [2.05, 4.69) is 63.7 Å². The van der Waals surface area contributed by atoms with E-state index < -0.39 is 77.8 Å². The molecule has 226 valence electrons. The molecule has 44 heavy (non-hydrogen) atoms. The predicted octanol–water partition coefficient (Wildman–Crippen LogP) is 10.8. The highest BCUT2D eigenvalue weighted by atomic mass is 79.9. The van der Waals surface area contributed by atoms with Crippen LogP contribution >= 0.6 is 157 Å². The van der Waals surface area contributed by atoms with Gasteiger partial charge in [0.25, 0.3) is 35.4 Å². The van der Waals surface area contributed by atoms with E-state index in [1.807, 2.05) is 0 Å². The monoisotopic (exact) mass is 1010 g/mol. The van der Waals surface area contributed by atoms with Crippen LogP contribution < -0.4 is 0 Å². The fraction of sp³-hybridized carbons (Fsp3) is 0. The summed E-state index contributed by atoms with van der Waals surface area (Å²) in [6.07, 6.45) is 0. The van der Waals surface area contributed by atoms with Gasteiger partial charge in [-0.15, -0.1) is 0 Å². The second kappa shape index (κ2) is 12.2. The first-order valence-corrected chi connectivity index (χ1v) is 17.0. The van der Waals surface area contributed by atoms with Crippen molar-refractivity contribution in [1.29, 1.82) is 0 Å². The van der Waals surface area contributed by atoms with Gasteiger partial charge < -0.3 is 0 Å². The van der Waals surface area contributed by atoms with Crippen molar-refractivity contribution in [3.05, 3.63) is 91.5 Å². The number of carbonyl (C=O) groups excluding carboxylic acids is 6. The Morgan fingerprint density at radius 3 is 0.750 bits per heavy atom. The second-order valence-corrected chi connectivity index (χ2v) is 14.7. The van der Waals surface area contributed by atoms with Crippen LogP contribution in [0, 0.1) is 0 Å². The Morgan fingerprint density at radius 1 is 0.386 bits per heavy atom. The highest BCUT2D eigenvalue weighted by Gasteiger charge is 2.48. The largest absolute Gasteiger partial charge is 0.270 e. The van der Waals surface area contributed by atoms with Crippen LogP contribution in [0.25, 0.3) is 0 Å². The Kier molecular flexibility index (Phi) is 9.66. The molecule has 0 N–H and O–H groups in total. The van der Waals surface area contributed by atoms with Crippen molar-refractivity contribution in [1.82, 2.24) is 9.80 Å². The van der Waals surface area contributed by atoms with Crippen LogP contribution in [0.5, 0.6) is 0 Å². The van der Waals surface area contributed by atoms with Crippen molar-refractivity contribution in [2.24, 2.45) is 0 Å². The van der Waals surface area contributed by atoms with Gasteiger partial charge in [-0.3, -0.25) is 28.8 Å². The van der Waals surface area contributed by atoms with E-state index in [4.69, 9.17) is 92.8 Å². The minimum atomic E-state index is -1.20. The van der Waals surface area contributed by atoms with Crippen molar-refractivity contribution >= 4 is 192 Å². The van der Waals surface area contributed by atoms with Gasteiger partial charge in [0.05, 0.1) is 73.6 Å². The molecule has 0 saturated heterocycles. The Bertz CT molecular complexity index is 1770. The van der Waals surface area contributed by atoms with E-state index in [1.54, 1.807) is 0 Å². The number of halogens is 12. The maximum atomic E-state index is 13.8. The first kappa shape index (κ1) is 34.8. The van der Waals surface area contributed by atoms with E-state index in [0.29, 0.717) is 0 Å². The zero-order valence-electron chi connectivity index (χ0n) is 19.9. The fourth-order valence-electron chi connectivity index (χ4n) is 4.30. The average Bonchev–Trinajstić information content (AvgIpc) is 3.39. The summed E-state index contributed by atoms with van der Waals surface area (Å²) in [5.41, 5.74) is -2.47. The summed E-state index contributed by atoms with van der Waals surface area (Å²) in [6.45, 7) is 0. The van der Waals surface area contributed by atoms with Crippen LogP contribution in [-0.4, -0.2) is 45.2 Å². The molecular weight excluding hydrogens is 1020 g/mol. The quantitative estimate of drug-likeness (QED) is 0.144. The molecule has 0 atom stereocenters. The van der Waals surface area contributed by atoms with Gasteiger partial charge in [0.2, 0.25) is 0 Å². The summed E-state index contributed by atoms with van der Waals surface area (Å²) in [5.74, 6) is -6.99. The highest BCUT2D eigenvalue weighted by molar-refractivity contribution is 9.14. The molecule has 2 heterocycles. The molecule has 2 aliphatic heterocycles. The topological polar surface area (TPSA) is 109 Å². The molecule has 0 fully saturated rings. The first-order chi connectivity index (χ1) is 20.4. The molecule has 0 bridgehead atoms. The van der Waals surface area contributed by atoms with Crippen LogP contribution in [0.4, 0.5) is 0 Å². The third kappa shape index (κ3) is 4.77. The van der Waals surface area contributed by atoms with Crippen LogP contribution in [0.1, 0.15) is 62.1 Å². The van der Waals surface area contributed by atoms with Gasteiger partial charge >= 0.3 is 0 Å². The van der Waals surface area contributed by atoms with Crippen LogP contribution in [0.2, 0.25) is 40.2 Å². The summed E-state index contributed by atoms with van der Waals surface area (Å²) in [6, 6.07) is 0. The van der Waals surface area contributed by atoms with Crippen molar-refractivity contribution in [3.8, 4) is 0 Å². The lowest BCUT2D eigenvalue weighted by atomic mass is 10.1. The Hall–Kier alpha value is -0.480. The number of amides is 6. The molecule has 0 aromatic heterocycles. The molecule has 0 spiro atoms. The Morgan fingerprint density at radius 2 is 0.568 bits per heavy atom. The number of imide groups is 6. The second-order valence-electron chi connectivity index (χ2n) is 8.52. The number of rotatable bonds is 2. The summed E-state index contributed by atoms with van der Waals surface area (Å²) < 4.78 is -0.706. The van der Waals surface area contributed by atoms with Crippen molar-refractivity contribution in [2.75, 3.05) is 0 Å². The molecule has 0 unspecified atom stereocenters. The van der Waals surface area contributed by atoms with Crippen LogP contribution in [-0.2, 0) is 0 Å². The number of nitrogens with zero attached hydrogens (tertiary/aromatic N) is 2. The first-order valence-electron chi connectivity index (χ1n) is 10.8. The van der Waals surface area contributed by atoms with Gasteiger partial charge in [-0.05, 0) is 63.7 Å². The SMILES string of the molecule is O=C(c1c(Br)c(Br)c(C(=O)N2C(=O)c3c(Cl)c(Cl)c(Cl)c(Cl)c3C2=O)c(Br)c1Br)N1C(=O)c2c(Cl)c(Cl)c(Cl)c(Cl)c2C1=O. The molecule has 2 aliphatic rings. The zero-order chi connectivity index (χ0) is 33.0. The summed E-state index contributed by atoms with van der Waals surface area (Å²) in [5, 5.41) is -2.78. The highest BCUT2D eigenvalue weighted by Crippen LogP contribution is 2.49. The number of fused-ring (bicyclic) bond motifs is 2. The lowest BCUT2D eigenvalue weighted by Crippen LogP contribution is -2.38. The molecule has 5 rings (SSSR count). The van der Waals surface area contributed by atoms with E-state index in [1.165, 1.54) is 0 Å². The number of hydrogen-bond donors (Lipinski definition) is 0. The summed E-state index contributed by atoms with van der Waals surface area (Å²) in [7, 11) is 0. The number of benzene rings is 3. The van der Waals surface area contributed by atoms with Crippen molar-refractivity contribution < 1.29 is 28.8 Å². The van der Waals surface area contributed by atoms with Gasteiger partial charge in [0.1, 0.15) is 0 Å². The van der Waals surface area contributed by atoms with Gasteiger partial charge in [0, 0.05) is 17.9 Å². The van der Waals surface area contributed by atoms with Gasteiger partial charge in [-0.25, -0.2) is 9.80 Å². The van der Waals surface area contributed by atoms with Crippen LogP contribution in [0.15, 0.2) is 17.9 Å². The normalized spacial score (nSPS) is 14.2. The van der Waals surface area contributed by atoms with Gasteiger partial charge in [-0.1, -0.05) is 92.8 Å². The lowest BCUT2D eigenvalue weighted by molar-refractivity contribution is 0.0539. The smallest absolute Gasteiger partial charge is 0.268 e. The van der Waals surface area contributed by atoms with Gasteiger partial charge in [-0.2, -0.15) is 0 Å². The molecule has 0 radical (unpaired) electrons. The predicted molar refractivity (Wildman–Crippen MR) is 180 cm³/mol. The molecule has 8 nitrogen and oxygen atoms in total. The fourth-order valence-corrected chi connectivity index (χ4v) is 9.12. The zero-order valence-corrected chi connectivity index (χ0v) is 32.3. The molecule has 0 aliphatic carbocycles. The molecule has 20 heteroatoms. The van der Waals surface area contributed by atoms with Crippen molar-refractivity contribution in [2.45, 2.75) is 0 Å². The number of carbonyl (C=O) groups is 6. The summed E-state index contributed by atoms with van der Waals surface area (Å²) in [4.78, 5) is 81.2. The third-order valence-electron chi connectivity index (χ3n) is 6.30. The number of hydrogen-bond acceptors (Lipinski definition) is 6. The third-order valence-corrected chi connectivity index (χ3v) is 14.1. The average molecular weight is 1020 g/mol.